The Balaban J connectivity index is 2.22. The summed E-state index contributed by atoms with van der Waals surface area (Å²) in [5, 5.41) is 23.0. The van der Waals surface area contributed by atoms with Crippen molar-refractivity contribution in [2.75, 3.05) is 7.11 Å². The zero-order valence-corrected chi connectivity index (χ0v) is 11.5. The molecule has 0 fully saturated rings. The van der Waals surface area contributed by atoms with Crippen LogP contribution in [0.25, 0.3) is 0 Å². The van der Waals surface area contributed by atoms with E-state index in [1.807, 2.05) is 0 Å². The molecule has 0 spiro atoms. The summed E-state index contributed by atoms with van der Waals surface area (Å²) in [6.45, 7) is 0. The third-order valence-electron chi connectivity index (χ3n) is 2.87. The summed E-state index contributed by atoms with van der Waals surface area (Å²) in [6, 6.07) is 0. The van der Waals surface area contributed by atoms with Gasteiger partial charge in [0.1, 0.15) is 6.20 Å². The lowest BCUT2D eigenvalue weighted by Crippen LogP contribution is -2.18. The molecule has 126 valence electrons. The first kappa shape index (κ1) is 16.8. The van der Waals surface area contributed by atoms with E-state index in [1.54, 1.807) is 0 Å². The van der Waals surface area contributed by atoms with Crippen molar-refractivity contribution in [3.63, 3.8) is 0 Å². The third-order valence-corrected chi connectivity index (χ3v) is 2.87. The van der Waals surface area contributed by atoms with Gasteiger partial charge in [-0.2, -0.15) is 33.0 Å². The predicted molar refractivity (Wildman–Crippen MR) is 64.7 cm³/mol. The zero-order valence-electron chi connectivity index (χ0n) is 11.5. The van der Waals surface area contributed by atoms with Gasteiger partial charge in [0.25, 0.3) is 0 Å². The summed E-state index contributed by atoms with van der Waals surface area (Å²) in [4.78, 5) is 9.62. The van der Waals surface area contributed by atoms with E-state index < -0.39 is 35.4 Å². The highest BCUT2D eigenvalue weighted by Crippen LogP contribution is 2.24. The van der Waals surface area contributed by atoms with Crippen molar-refractivity contribution in [1.82, 2.24) is 25.2 Å². The van der Waals surface area contributed by atoms with Crippen molar-refractivity contribution in [2.45, 2.75) is 25.2 Å². The van der Waals surface area contributed by atoms with Crippen LogP contribution in [0.4, 0.5) is 23.2 Å². The number of nitrogens with one attached hydrogen (secondary N) is 1. The van der Waals surface area contributed by atoms with E-state index in [0.717, 1.165) is 10.9 Å². The van der Waals surface area contributed by atoms with E-state index in [1.165, 1.54) is 7.11 Å². The van der Waals surface area contributed by atoms with Crippen molar-refractivity contribution in [3.05, 3.63) is 33.6 Å². The summed E-state index contributed by atoms with van der Waals surface area (Å²) in [7, 11) is 1.19. The van der Waals surface area contributed by atoms with Crippen LogP contribution < -0.4 is 0 Å². The number of halogens is 4. The van der Waals surface area contributed by atoms with E-state index >= 15 is 0 Å². The number of nitrogens with zero attached hydrogens (tertiary/aromatic N) is 5. The normalized spacial score (nSPS) is 13.3. The smallest absolute Gasteiger partial charge is 0.359 e. The Hall–Kier alpha value is -2.57. The first-order valence-electron chi connectivity index (χ1n) is 6.08. The Labute approximate surface area is 125 Å². The van der Waals surface area contributed by atoms with Crippen LogP contribution in [0, 0.1) is 16.1 Å². The van der Waals surface area contributed by atoms with Gasteiger partial charge in [-0.15, -0.1) is 5.10 Å². The summed E-state index contributed by atoms with van der Waals surface area (Å²) in [5.41, 5.74) is -1.28. The molecular weight excluding hydrogens is 328 g/mol. The Morgan fingerprint density at radius 1 is 1.43 bits per heavy atom. The molecule has 2 aromatic heterocycles. The van der Waals surface area contributed by atoms with Gasteiger partial charge in [0.2, 0.25) is 0 Å². The Bertz CT molecular complexity index is 697. The van der Waals surface area contributed by atoms with Crippen LogP contribution in [0.1, 0.15) is 17.6 Å². The van der Waals surface area contributed by atoms with Crippen LogP contribution in [0.15, 0.2) is 6.20 Å². The van der Waals surface area contributed by atoms with Crippen molar-refractivity contribution < 1.29 is 27.2 Å². The van der Waals surface area contributed by atoms with Crippen LogP contribution in [0.3, 0.4) is 0 Å². The molecule has 0 radical (unpaired) electrons. The lowest BCUT2D eigenvalue weighted by atomic mass is 10.2. The number of aromatic amines is 1. The topological polar surface area (TPSA) is 112 Å². The van der Waals surface area contributed by atoms with Gasteiger partial charge in [-0.3, -0.25) is 10.1 Å². The highest BCUT2D eigenvalue weighted by atomic mass is 19.4. The van der Waals surface area contributed by atoms with Gasteiger partial charge in [-0.25, -0.2) is 4.68 Å². The quantitative estimate of drug-likeness (QED) is 0.486. The molecule has 0 aromatic carbocycles. The number of hydrogen-bond acceptors (Lipinski definition) is 6. The molecule has 9 nitrogen and oxygen atoms in total. The predicted octanol–water partition coefficient (Wildman–Crippen LogP) is 1.54. The number of nitro groups is 1. The average Bonchev–Trinajstić information content (AvgIpc) is 3.01. The number of aromatic nitrogens is 5. The first-order valence-corrected chi connectivity index (χ1v) is 6.08. The standard InChI is InChI=1S/C10H10F4N6O3/c1-23-8(19-4-7(20(21)22)9(11)17-19)2-5-6(16-18-15-5)3-10(12,13)14/h4,8H,2-3H2,1H3,(H,15,16,18)/t8-/m1/s1. The Kier molecular flexibility index (Phi) is 4.58. The van der Waals surface area contributed by atoms with E-state index in [0.29, 0.717) is 0 Å². The molecule has 1 N–H and O–H groups in total. The molecule has 2 heterocycles. The number of methoxy groups -OCH3 is 1. The van der Waals surface area contributed by atoms with Gasteiger partial charge in [0.05, 0.1) is 22.7 Å². The first-order chi connectivity index (χ1) is 10.7. The summed E-state index contributed by atoms with van der Waals surface area (Å²) < 4.78 is 56.4. The largest absolute Gasteiger partial charge is 0.394 e. The van der Waals surface area contributed by atoms with Gasteiger partial charge in [0.15, 0.2) is 6.23 Å². The molecule has 13 heteroatoms. The van der Waals surface area contributed by atoms with Crippen molar-refractivity contribution in [3.8, 4) is 0 Å². The molecule has 23 heavy (non-hydrogen) atoms. The Morgan fingerprint density at radius 3 is 2.61 bits per heavy atom. The zero-order chi connectivity index (χ0) is 17.2. The van der Waals surface area contributed by atoms with Gasteiger partial charge >= 0.3 is 17.8 Å². The number of hydrogen-bond donors (Lipinski definition) is 1. The SMILES string of the molecule is CO[C@H](Cc1n[nH]nc1CC(F)(F)F)n1cc([N+](=O)[O-])c(F)n1. The van der Waals surface area contributed by atoms with Crippen LogP contribution in [0.2, 0.25) is 0 Å². The second-order valence-electron chi connectivity index (χ2n) is 4.45. The molecule has 2 rings (SSSR count). The third kappa shape index (κ3) is 4.00. The molecule has 0 bridgehead atoms. The molecule has 0 aliphatic rings. The molecule has 0 aliphatic heterocycles. The fraction of sp³-hybridized carbons (Fsp3) is 0.500. The molecule has 0 amide bonds. The second-order valence-corrected chi connectivity index (χ2v) is 4.45. The molecule has 0 saturated carbocycles. The van der Waals surface area contributed by atoms with Gasteiger partial charge in [-0.1, -0.05) is 0 Å². The van der Waals surface area contributed by atoms with Crippen molar-refractivity contribution in [1.29, 1.82) is 0 Å². The monoisotopic (exact) mass is 338 g/mol. The van der Waals surface area contributed by atoms with E-state index in [-0.39, 0.29) is 17.8 Å². The molecular formula is C10H10F4N6O3. The maximum absolute atomic E-state index is 13.3. The number of ether oxygens (including phenoxy) is 1. The maximum Gasteiger partial charge on any atom is 0.394 e. The second kappa shape index (κ2) is 6.28. The number of H-pyrrole nitrogens is 1. The van der Waals surface area contributed by atoms with Crippen molar-refractivity contribution in [2.24, 2.45) is 0 Å². The lowest BCUT2D eigenvalue weighted by Gasteiger charge is -2.14. The van der Waals surface area contributed by atoms with Crippen LogP contribution >= 0.6 is 0 Å². The minimum atomic E-state index is -4.48. The summed E-state index contributed by atoms with van der Waals surface area (Å²) >= 11 is 0. The fourth-order valence-electron chi connectivity index (χ4n) is 1.85. The highest BCUT2D eigenvalue weighted by molar-refractivity contribution is 5.23. The van der Waals surface area contributed by atoms with E-state index in [9.17, 15) is 27.7 Å². The number of alkyl halides is 3. The van der Waals surface area contributed by atoms with Gasteiger partial charge in [0, 0.05) is 13.5 Å². The molecule has 1 atom stereocenters. The molecule has 0 aliphatic carbocycles. The van der Waals surface area contributed by atoms with Crippen LogP contribution in [-0.2, 0) is 17.6 Å². The highest BCUT2D eigenvalue weighted by Gasteiger charge is 2.32. The van der Waals surface area contributed by atoms with Crippen LogP contribution in [-0.4, -0.2) is 43.4 Å². The van der Waals surface area contributed by atoms with E-state index in [2.05, 4.69) is 20.5 Å². The summed E-state index contributed by atoms with van der Waals surface area (Å²) in [6.07, 6.45) is -6.33. The van der Waals surface area contributed by atoms with Gasteiger partial charge in [-0.05, 0) is 0 Å². The Morgan fingerprint density at radius 2 is 2.09 bits per heavy atom. The minimum absolute atomic E-state index is 0.0623. The minimum Gasteiger partial charge on any atom is -0.359 e. The number of rotatable bonds is 6. The molecule has 0 saturated heterocycles. The average molecular weight is 338 g/mol. The summed E-state index contributed by atoms with van der Waals surface area (Å²) in [5.74, 6) is -1.33. The fourth-order valence-corrected chi connectivity index (χ4v) is 1.85. The maximum atomic E-state index is 13.3. The lowest BCUT2D eigenvalue weighted by molar-refractivity contribution is -0.387. The molecule has 2 aromatic rings. The van der Waals surface area contributed by atoms with Crippen molar-refractivity contribution >= 4 is 5.69 Å². The van der Waals surface area contributed by atoms with Gasteiger partial charge < -0.3 is 4.74 Å². The molecule has 0 unspecified atom stereocenters. The van der Waals surface area contributed by atoms with E-state index in [4.69, 9.17) is 4.74 Å². The van der Waals surface area contributed by atoms with Crippen LogP contribution in [0.5, 0.6) is 0 Å².